The van der Waals surface area contributed by atoms with E-state index in [0.29, 0.717) is 13.2 Å². The highest BCUT2D eigenvalue weighted by molar-refractivity contribution is 5.86. The summed E-state index contributed by atoms with van der Waals surface area (Å²) in [4.78, 5) is 1.73. The normalized spacial score (nSPS) is 41.7. The molecule has 0 radical (unpaired) electrons. The lowest BCUT2D eigenvalue weighted by molar-refractivity contribution is -0.171. The van der Waals surface area contributed by atoms with E-state index in [9.17, 15) is 10.3 Å². The van der Waals surface area contributed by atoms with E-state index >= 15 is 0 Å². The fourth-order valence-electron chi connectivity index (χ4n) is 3.95. The molecule has 6 N–H and O–H groups in total. The molecule has 118 valence electrons. The van der Waals surface area contributed by atoms with Crippen LogP contribution in [0.1, 0.15) is 13.8 Å². The van der Waals surface area contributed by atoms with E-state index in [1.54, 1.807) is 4.90 Å². The minimum atomic E-state index is -0.980. The maximum Gasteiger partial charge on any atom is 0.218 e. The molecule has 9 nitrogen and oxygen atoms in total. The number of guanidine groups is 2. The highest BCUT2D eigenvalue weighted by Gasteiger charge is 2.69. The van der Waals surface area contributed by atoms with E-state index in [1.807, 2.05) is 13.8 Å². The molecule has 5 atom stereocenters. The lowest BCUT2D eigenvalue weighted by Gasteiger charge is -2.51. The molecular weight excluding hydrogens is 276 g/mol. The van der Waals surface area contributed by atoms with Crippen molar-refractivity contribution in [2.75, 3.05) is 19.8 Å². The summed E-state index contributed by atoms with van der Waals surface area (Å²) in [7, 11) is 0. The minimum Gasteiger partial charge on any atom is -0.394 e. The minimum absolute atomic E-state index is 0.121. The van der Waals surface area contributed by atoms with Crippen LogP contribution in [-0.4, -0.2) is 75.8 Å². The maximum absolute atomic E-state index is 10.5. The Bertz CT molecular complexity index is 474. The van der Waals surface area contributed by atoms with Crippen molar-refractivity contribution in [3.63, 3.8) is 0 Å². The summed E-state index contributed by atoms with van der Waals surface area (Å²) >= 11 is 0. The molecule has 3 heterocycles. The van der Waals surface area contributed by atoms with Gasteiger partial charge in [0, 0.05) is 19.1 Å². The standard InChI is InChI=1S/C12H22N6O3/c1-3-21-8-4-17-10(13)15-7(5-19)9-12(17,6(8)2)18(20)11(14)16-9/h6-9,19-20H,3-5H2,1-2H3,(H2,13,15)(H2,14,16)/t6-,7+,8+,9?,12?/m1/s1. The first-order valence-electron chi connectivity index (χ1n) is 7.17. The lowest BCUT2D eigenvalue weighted by Crippen LogP contribution is -2.75. The van der Waals surface area contributed by atoms with Crippen molar-refractivity contribution in [2.45, 2.75) is 37.7 Å². The summed E-state index contributed by atoms with van der Waals surface area (Å²) in [5, 5.41) is 42.9. The van der Waals surface area contributed by atoms with E-state index in [4.69, 9.17) is 15.6 Å². The van der Waals surface area contributed by atoms with Gasteiger partial charge in [-0.1, -0.05) is 6.92 Å². The number of hydroxylamine groups is 2. The van der Waals surface area contributed by atoms with Gasteiger partial charge in [-0.3, -0.25) is 16.0 Å². The van der Waals surface area contributed by atoms with Crippen molar-refractivity contribution in [3.8, 4) is 0 Å². The van der Waals surface area contributed by atoms with Crippen LogP contribution in [0.4, 0.5) is 0 Å². The molecule has 21 heavy (non-hydrogen) atoms. The number of nitrogens with one attached hydrogen (secondary N) is 4. The van der Waals surface area contributed by atoms with Gasteiger partial charge >= 0.3 is 0 Å². The van der Waals surface area contributed by atoms with Gasteiger partial charge in [0.15, 0.2) is 11.6 Å². The summed E-state index contributed by atoms with van der Waals surface area (Å²) in [6.07, 6.45) is -0.153. The first-order chi connectivity index (χ1) is 9.98. The van der Waals surface area contributed by atoms with E-state index in [-0.39, 0.29) is 30.5 Å². The molecule has 0 aromatic carbocycles. The Morgan fingerprint density at radius 3 is 2.71 bits per heavy atom. The average molecular weight is 298 g/mol. The largest absolute Gasteiger partial charge is 0.394 e. The Morgan fingerprint density at radius 2 is 2.10 bits per heavy atom. The van der Waals surface area contributed by atoms with E-state index in [2.05, 4.69) is 10.6 Å². The van der Waals surface area contributed by atoms with Gasteiger partial charge in [-0.05, 0) is 6.92 Å². The van der Waals surface area contributed by atoms with Crippen LogP contribution < -0.4 is 10.6 Å². The molecule has 0 aromatic heterocycles. The summed E-state index contributed by atoms with van der Waals surface area (Å²) in [5.41, 5.74) is -0.980. The maximum atomic E-state index is 10.5. The number of aliphatic hydroxyl groups is 1. The van der Waals surface area contributed by atoms with Gasteiger partial charge in [0.2, 0.25) is 5.96 Å². The Kier molecular flexibility index (Phi) is 3.23. The molecule has 3 aliphatic heterocycles. The third-order valence-corrected chi connectivity index (χ3v) is 4.90. The molecular formula is C12H22N6O3. The zero-order valence-electron chi connectivity index (χ0n) is 12.1. The van der Waals surface area contributed by atoms with Gasteiger partial charge in [-0.2, -0.15) is 5.06 Å². The molecule has 0 aromatic rings. The van der Waals surface area contributed by atoms with Crippen LogP contribution in [0.25, 0.3) is 0 Å². The Hall–Kier alpha value is -1.58. The highest BCUT2D eigenvalue weighted by Crippen LogP contribution is 2.46. The first kappa shape index (κ1) is 14.4. The summed E-state index contributed by atoms with van der Waals surface area (Å²) in [5.74, 6) is -0.127. The molecule has 1 spiro atoms. The van der Waals surface area contributed by atoms with Gasteiger partial charge in [-0.25, -0.2) is 0 Å². The van der Waals surface area contributed by atoms with Crippen LogP contribution in [0.2, 0.25) is 0 Å². The molecule has 9 heteroatoms. The smallest absolute Gasteiger partial charge is 0.218 e. The van der Waals surface area contributed by atoms with Crippen molar-refractivity contribution in [1.82, 2.24) is 20.6 Å². The lowest BCUT2D eigenvalue weighted by atomic mass is 9.82. The van der Waals surface area contributed by atoms with Gasteiger partial charge < -0.3 is 25.4 Å². The molecule has 0 bridgehead atoms. The van der Waals surface area contributed by atoms with Gasteiger partial charge in [-0.15, -0.1) is 0 Å². The molecule has 2 unspecified atom stereocenters. The molecule has 3 aliphatic rings. The van der Waals surface area contributed by atoms with Gasteiger partial charge in [0.25, 0.3) is 0 Å². The van der Waals surface area contributed by atoms with E-state index < -0.39 is 17.7 Å². The molecule has 0 amide bonds. The first-order valence-corrected chi connectivity index (χ1v) is 7.17. The fraction of sp³-hybridized carbons (Fsp3) is 0.833. The highest BCUT2D eigenvalue weighted by atomic mass is 16.5. The second-order valence-electron chi connectivity index (χ2n) is 5.74. The number of hydrogen-bond donors (Lipinski definition) is 6. The van der Waals surface area contributed by atoms with Crippen LogP contribution in [0.3, 0.4) is 0 Å². The van der Waals surface area contributed by atoms with E-state index in [1.165, 1.54) is 0 Å². The van der Waals surface area contributed by atoms with Gasteiger partial charge in [0.05, 0.1) is 24.8 Å². The second kappa shape index (κ2) is 4.72. The third kappa shape index (κ3) is 1.62. The van der Waals surface area contributed by atoms with Gasteiger partial charge in [0.1, 0.15) is 0 Å². The molecule has 0 aliphatic carbocycles. The predicted molar refractivity (Wildman–Crippen MR) is 74.0 cm³/mol. The fourth-order valence-corrected chi connectivity index (χ4v) is 3.95. The topological polar surface area (TPSA) is 128 Å². The Labute approximate surface area is 122 Å². The molecule has 0 saturated carbocycles. The van der Waals surface area contributed by atoms with Crippen molar-refractivity contribution in [2.24, 2.45) is 5.92 Å². The van der Waals surface area contributed by atoms with Crippen molar-refractivity contribution < 1.29 is 15.1 Å². The van der Waals surface area contributed by atoms with Crippen LogP contribution in [-0.2, 0) is 4.74 Å². The molecule has 3 fully saturated rings. The van der Waals surface area contributed by atoms with Crippen LogP contribution in [0.15, 0.2) is 0 Å². The predicted octanol–water partition coefficient (Wildman–Crippen LogP) is -1.46. The summed E-state index contributed by atoms with van der Waals surface area (Å²) in [6, 6.07) is -0.858. The third-order valence-electron chi connectivity index (χ3n) is 4.90. The number of hydrogen-bond acceptors (Lipinski definition) is 5. The van der Waals surface area contributed by atoms with Crippen molar-refractivity contribution in [3.05, 3.63) is 0 Å². The van der Waals surface area contributed by atoms with Crippen LogP contribution >= 0.6 is 0 Å². The Morgan fingerprint density at radius 1 is 1.38 bits per heavy atom. The molecule has 3 rings (SSSR count). The number of nitrogens with zero attached hydrogens (tertiary/aromatic N) is 2. The Balaban J connectivity index is 2.07. The number of rotatable bonds is 3. The van der Waals surface area contributed by atoms with Crippen molar-refractivity contribution >= 4 is 11.9 Å². The second-order valence-corrected chi connectivity index (χ2v) is 5.74. The monoisotopic (exact) mass is 298 g/mol. The van der Waals surface area contributed by atoms with Crippen LogP contribution in [0.5, 0.6) is 0 Å². The summed E-state index contributed by atoms with van der Waals surface area (Å²) < 4.78 is 5.75. The number of ether oxygens (including phenoxy) is 1. The SMILES string of the molecule is CCO[C@H]1CN2C(=N)N[C@@H](CO)C3NC(=N)N(O)C32[C@@H]1C. The molecule has 3 saturated heterocycles. The van der Waals surface area contributed by atoms with E-state index in [0.717, 1.165) is 5.06 Å². The quantitative estimate of drug-likeness (QED) is 0.375. The summed E-state index contributed by atoms with van der Waals surface area (Å²) in [6.45, 7) is 4.67. The zero-order valence-corrected chi connectivity index (χ0v) is 12.1. The zero-order chi connectivity index (χ0) is 15.4. The average Bonchev–Trinajstić information content (AvgIpc) is 2.90. The van der Waals surface area contributed by atoms with Crippen molar-refractivity contribution in [1.29, 1.82) is 10.8 Å². The van der Waals surface area contributed by atoms with Crippen LogP contribution in [0, 0.1) is 16.7 Å². The number of aliphatic hydroxyl groups excluding tert-OH is 1.